The third-order valence-corrected chi connectivity index (χ3v) is 1.98. The Hall–Kier alpha value is -1.62. The fourth-order valence-electron chi connectivity index (χ4n) is 1.28. The number of hydrogen-bond acceptors (Lipinski definition) is 3. The molecule has 0 aliphatic rings. The van der Waals surface area contributed by atoms with Gasteiger partial charge in [0.1, 0.15) is 0 Å². The quantitative estimate of drug-likeness (QED) is 0.663. The van der Waals surface area contributed by atoms with Gasteiger partial charge in [0.2, 0.25) is 0 Å². The second-order valence-electron chi connectivity index (χ2n) is 3.22. The lowest BCUT2D eigenvalue weighted by Gasteiger charge is -2.18. The summed E-state index contributed by atoms with van der Waals surface area (Å²) in [4.78, 5) is 16.3. The Balaban J connectivity index is 2.37. The molecule has 0 aliphatic carbocycles. The van der Waals surface area contributed by atoms with Crippen molar-refractivity contribution in [1.29, 1.82) is 0 Å². The molecule has 0 fully saturated rings. The number of hydrogen-bond donors (Lipinski definition) is 1. The first-order valence-electron chi connectivity index (χ1n) is 4.73. The lowest BCUT2D eigenvalue weighted by molar-refractivity contribution is -0.138. The van der Waals surface area contributed by atoms with Crippen molar-refractivity contribution in [3.05, 3.63) is 31.4 Å². The van der Waals surface area contributed by atoms with Crippen molar-refractivity contribution in [3.8, 4) is 0 Å². The van der Waals surface area contributed by atoms with E-state index in [0.717, 1.165) is 6.54 Å². The van der Waals surface area contributed by atoms with E-state index in [-0.39, 0.29) is 6.54 Å². The van der Waals surface area contributed by atoms with E-state index < -0.39 is 5.97 Å². The third-order valence-electron chi connectivity index (χ3n) is 1.98. The molecular formula is C10H15N3O2. The molecule has 0 aromatic carbocycles. The molecule has 0 bridgehead atoms. The Labute approximate surface area is 88.7 Å². The minimum Gasteiger partial charge on any atom is -0.480 e. The highest BCUT2D eigenvalue weighted by Gasteiger charge is 2.07. The molecule has 0 aliphatic heterocycles. The van der Waals surface area contributed by atoms with Crippen molar-refractivity contribution in [2.45, 2.75) is 6.54 Å². The molecule has 0 saturated heterocycles. The van der Waals surface area contributed by atoms with E-state index in [1.807, 2.05) is 15.7 Å². The summed E-state index contributed by atoms with van der Waals surface area (Å²) in [5.74, 6) is -0.817. The van der Waals surface area contributed by atoms with Crippen molar-refractivity contribution in [3.63, 3.8) is 0 Å². The van der Waals surface area contributed by atoms with Crippen molar-refractivity contribution in [1.82, 2.24) is 14.5 Å². The van der Waals surface area contributed by atoms with Crippen molar-refractivity contribution < 1.29 is 9.90 Å². The van der Waals surface area contributed by atoms with Gasteiger partial charge in [-0.3, -0.25) is 9.69 Å². The van der Waals surface area contributed by atoms with Crippen LogP contribution in [0.15, 0.2) is 31.4 Å². The van der Waals surface area contributed by atoms with Crippen LogP contribution in [-0.2, 0) is 11.3 Å². The second-order valence-corrected chi connectivity index (χ2v) is 3.22. The predicted molar refractivity (Wildman–Crippen MR) is 56.5 cm³/mol. The monoisotopic (exact) mass is 209 g/mol. The molecule has 5 nitrogen and oxygen atoms in total. The van der Waals surface area contributed by atoms with Crippen LogP contribution in [0, 0.1) is 0 Å². The van der Waals surface area contributed by atoms with Crippen molar-refractivity contribution in [2.24, 2.45) is 0 Å². The fraction of sp³-hybridized carbons (Fsp3) is 0.400. The van der Waals surface area contributed by atoms with E-state index in [4.69, 9.17) is 5.11 Å². The fourth-order valence-corrected chi connectivity index (χ4v) is 1.28. The summed E-state index contributed by atoms with van der Waals surface area (Å²) < 4.78 is 1.91. The maximum absolute atomic E-state index is 10.6. The van der Waals surface area contributed by atoms with Crippen LogP contribution in [0.5, 0.6) is 0 Å². The first-order chi connectivity index (χ1) is 7.22. The number of aromatic nitrogens is 2. The zero-order chi connectivity index (χ0) is 11.1. The van der Waals surface area contributed by atoms with Gasteiger partial charge in [0.15, 0.2) is 0 Å². The molecule has 1 aromatic heterocycles. The normalized spacial score (nSPS) is 10.5. The van der Waals surface area contributed by atoms with E-state index >= 15 is 0 Å². The van der Waals surface area contributed by atoms with E-state index in [2.05, 4.69) is 11.6 Å². The standard InChI is InChI=1S/C10H15N3O2/c1-2-4-12(8-10(14)15)6-7-13-5-3-11-9-13/h2-3,5,9H,1,4,6-8H2,(H,14,15). The van der Waals surface area contributed by atoms with Gasteiger partial charge in [-0.15, -0.1) is 6.58 Å². The van der Waals surface area contributed by atoms with Gasteiger partial charge in [0.25, 0.3) is 0 Å². The van der Waals surface area contributed by atoms with Gasteiger partial charge in [0.05, 0.1) is 12.9 Å². The molecule has 0 atom stereocenters. The van der Waals surface area contributed by atoms with Crippen LogP contribution in [0.25, 0.3) is 0 Å². The minimum absolute atomic E-state index is 0.0424. The summed E-state index contributed by atoms with van der Waals surface area (Å²) in [5.41, 5.74) is 0. The van der Waals surface area contributed by atoms with Crippen LogP contribution in [0.4, 0.5) is 0 Å². The molecule has 15 heavy (non-hydrogen) atoms. The number of imidazole rings is 1. The maximum atomic E-state index is 10.6. The highest BCUT2D eigenvalue weighted by molar-refractivity contribution is 5.69. The Bertz CT molecular complexity index is 308. The topological polar surface area (TPSA) is 58.4 Å². The van der Waals surface area contributed by atoms with E-state index in [1.54, 1.807) is 18.6 Å². The molecule has 1 aromatic rings. The van der Waals surface area contributed by atoms with Crippen LogP contribution >= 0.6 is 0 Å². The van der Waals surface area contributed by atoms with Gasteiger partial charge < -0.3 is 9.67 Å². The summed E-state index contributed by atoms with van der Waals surface area (Å²) in [6.45, 7) is 5.64. The molecule has 0 spiro atoms. The van der Waals surface area contributed by atoms with Crippen LogP contribution in [0.1, 0.15) is 0 Å². The molecule has 5 heteroatoms. The Morgan fingerprint density at radius 2 is 2.47 bits per heavy atom. The predicted octanol–water partition coefficient (Wildman–Crippen LogP) is 0.456. The van der Waals surface area contributed by atoms with Crippen molar-refractivity contribution in [2.75, 3.05) is 19.6 Å². The molecule has 1 N–H and O–H groups in total. The number of carbonyl (C=O) groups is 1. The summed E-state index contributed by atoms with van der Waals surface area (Å²) in [6.07, 6.45) is 6.98. The molecule has 0 unspecified atom stereocenters. The van der Waals surface area contributed by atoms with Gasteiger partial charge in [-0.1, -0.05) is 6.08 Å². The first kappa shape index (κ1) is 11.5. The Kier molecular flexibility index (Phi) is 4.56. The van der Waals surface area contributed by atoms with Gasteiger partial charge in [0, 0.05) is 32.0 Å². The summed E-state index contributed by atoms with van der Waals surface area (Å²) in [7, 11) is 0. The van der Waals surface area contributed by atoms with Crippen molar-refractivity contribution >= 4 is 5.97 Å². The lowest BCUT2D eigenvalue weighted by Crippen LogP contribution is -2.32. The highest BCUT2D eigenvalue weighted by atomic mass is 16.4. The largest absolute Gasteiger partial charge is 0.480 e. The molecule has 0 radical (unpaired) electrons. The van der Waals surface area contributed by atoms with Gasteiger partial charge in [-0.05, 0) is 0 Å². The molecule has 1 rings (SSSR count). The van der Waals surface area contributed by atoms with E-state index in [1.165, 1.54) is 0 Å². The number of nitrogens with zero attached hydrogens (tertiary/aromatic N) is 3. The highest BCUT2D eigenvalue weighted by Crippen LogP contribution is 1.92. The van der Waals surface area contributed by atoms with Gasteiger partial charge in [-0.2, -0.15) is 0 Å². The molecule has 82 valence electrons. The smallest absolute Gasteiger partial charge is 0.317 e. The molecule has 0 saturated carbocycles. The number of carboxylic acids is 1. The zero-order valence-corrected chi connectivity index (χ0v) is 8.54. The number of carboxylic acid groups (broad SMARTS) is 1. The number of aliphatic carboxylic acids is 1. The van der Waals surface area contributed by atoms with Crippen LogP contribution in [0.3, 0.4) is 0 Å². The van der Waals surface area contributed by atoms with E-state index in [0.29, 0.717) is 13.1 Å². The maximum Gasteiger partial charge on any atom is 0.317 e. The van der Waals surface area contributed by atoms with Crippen LogP contribution in [0.2, 0.25) is 0 Å². The average molecular weight is 209 g/mol. The number of rotatable bonds is 7. The molecular weight excluding hydrogens is 194 g/mol. The SMILES string of the molecule is C=CCN(CCn1ccnc1)CC(=O)O. The first-order valence-corrected chi connectivity index (χ1v) is 4.73. The van der Waals surface area contributed by atoms with Gasteiger partial charge in [-0.25, -0.2) is 4.98 Å². The summed E-state index contributed by atoms with van der Waals surface area (Å²) in [6, 6.07) is 0. The molecule has 1 heterocycles. The summed E-state index contributed by atoms with van der Waals surface area (Å²) >= 11 is 0. The second kappa shape index (κ2) is 5.98. The molecule has 0 amide bonds. The van der Waals surface area contributed by atoms with Crippen LogP contribution < -0.4 is 0 Å². The van der Waals surface area contributed by atoms with Gasteiger partial charge >= 0.3 is 5.97 Å². The average Bonchev–Trinajstić information content (AvgIpc) is 2.66. The zero-order valence-electron chi connectivity index (χ0n) is 8.54. The lowest BCUT2D eigenvalue weighted by atomic mass is 10.4. The Morgan fingerprint density at radius 3 is 3.00 bits per heavy atom. The Morgan fingerprint density at radius 1 is 1.67 bits per heavy atom. The van der Waals surface area contributed by atoms with Crippen LogP contribution in [-0.4, -0.2) is 45.2 Å². The minimum atomic E-state index is -0.817. The summed E-state index contributed by atoms with van der Waals surface area (Å²) in [5, 5.41) is 8.67. The third kappa shape index (κ3) is 4.42. The van der Waals surface area contributed by atoms with E-state index in [9.17, 15) is 4.79 Å².